The van der Waals surface area contributed by atoms with Crippen molar-refractivity contribution in [3.05, 3.63) is 11.3 Å². The first kappa shape index (κ1) is 6.89. The van der Waals surface area contributed by atoms with E-state index in [9.17, 15) is 0 Å². The second-order valence-electron chi connectivity index (χ2n) is 3.71. The zero-order valence-electron chi connectivity index (χ0n) is 6.64. The summed E-state index contributed by atoms with van der Waals surface area (Å²) in [5, 5.41) is 7.22. The fraction of sp³-hybridized carbons (Fsp3) is 0.667. The van der Waals surface area contributed by atoms with Crippen LogP contribution >= 0.6 is 0 Å². The molecule has 2 nitrogen and oxygen atoms in total. The standard InChI is InChI=1S/C9H14N2/c10-5-8-7-2-1-6(3-7)4-9(8)11/h5-7,10H,1-4,11H2. The van der Waals surface area contributed by atoms with E-state index >= 15 is 0 Å². The molecule has 2 bridgehead atoms. The molecule has 2 aliphatic rings. The lowest BCUT2D eigenvalue weighted by Crippen LogP contribution is -2.17. The van der Waals surface area contributed by atoms with Crippen molar-refractivity contribution in [3.63, 3.8) is 0 Å². The lowest BCUT2D eigenvalue weighted by Gasteiger charge is -2.21. The highest BCUT2D eigenvalue weighted by molar-refractivity contribution is 5.78. The minimum atomic E-state index is 0.631. The number of allylic oxidation sites excluding steroid dienone is 2. The van der Waals surface area contributed by atoms with Crippen LogP contribution in [-0.4, -0.2) is 6.21 Å². The molecule has 0 heterocycles. The third-order valence-electron chi connectivity index (χ3n) is 3.02. The average molecular weight is 150 g/mol. The predicted octanol–water partition coefficient (Wildman–Crippen LogP) is 1.67. The molecular formula is C9H14N2. The molecule has 0 aromatic heterocycles. The van der Waals surface area contributed by atoms with Gasteiger partial charge in [-0.15, -0.1) is 0 Å². The zero-order valence-corrected chi connectivity index (χ0v) is 6.64. The Labute approximate surface area is 67.0 Å². The molecule has 0 aromatic rings. The van der Waals surface area contributed by atoms with Gasteiger partial charge in [0.15, 0.2) is 0 Å². The van der Waals surface area contributed by atoms with E-state index < -0.39 is 0 Å². The Morgan fingerprint density at radius 3 is 3.00 bits per heavy atom. The summed E-state index contributed by atoms with van der Waals surface area (Å²) < 4.78 is 0. The van der Waals surface area contributed by atoms with Gasteiger partial charge < -0.3 is 11.1 Å². The number of nitrogens with two attached hydrogens (primary N) is 1. The lowest BCUT2D eigenvalue weighted by atomic mass is 9.87. The van der Waals surface area contributed by atoms with Crippen LogP contribution in [0.2, 0.25) is 0 Å². The first-order valence-corrected chi connectivity index (χ1v) is 4.30. The van der Waals surface area contributed by atoms with Crippen molar-refractivity contribution in [1.29, 1.82) is 5.41 Å². The van der Waals surface area contributed by atoms with E-state index in [0.29, 0.717) is 5.92 Å². The van der Waals surface area contributed by atoms with Gasteiger partial charge in [-0.05, 0) is 43.1 Å². The third-order valence-corrected chi connectivity index (χ3v) is 3.02. The zero-order chi connectivity index (χ0) is 7.84. The molecular weight excluding hydrogens is 136 g/mol. The summed E-state index contributed by atoms with van der Waals surface area (Å²) in [6.45, 7) is 0. The van der Waals surface area contributed by atoms with Gasteiger partial charge in [0, 0.05) is 11.9 Å². The summed E-state index contributed by atoms with van der Waals surface area (Å²) in [6, 6.07) is 0. The second-order valence-corrected chi connectivity index (χ2v) is 3.71. The van der Waals surface area contributed by atoms with Crippen molar-refractivity contribution in [3.8, 4) is 0 Å². The van der Waals surface area contributed by atoms with Gasteiger partial charge in [0.1, 0.15) is 0 Å². The van der Waals surface area contributed by atoms with Gasteiger partial charge in [-0.25, -0.2) is 0 Å². The molecule has 11 heavy (non-hydrogen) atoms. The molecule has 0 radical (unpaired) electrons. The molecule has 0 aliphatic heterocycles. The summed E-state index contributed by atoms with van der Waals surface area (Å²) in [5.41, 5.74) is 7.95. The summed E-state index contributed by atoms with van der Waals surface area (Å²) in [5.74, 6) is 1.47. The van der Waals surface area contributed by atoms with Crippen LogP contribution in [0.25, 0.3) is 0 Å². The fourth-order valence-corrected chi connectivity index (χ4v) is 2.44. The molecule has 1 saturated carbocycles. The molecule has 2 aliphatic carbocycles. The number of nitrogens with one attached hydrogen (secondary N) is 1. The van der Waals surface area contributed by atoms with Gasteiger partial charge in [-0.1, -0.05) is 0 Å². The van der Waals surface area contributed by atoms with Crippen LogP contribution in [0.1, 0.15) is 25.7 Å². The highest BCUT2D eigenvalue weighted by atomic mass is 14.6. The van der Waals surface area contributed by atoms with Crippen LogP contribution in [0.15, 0.2) is 11.3 Å². The van der Waals surface area contributed by atoms with Crippen molar-refractivity contribution in [2.45, 2.75) is 25.7 Å². The minimum absolute atomic E-state index is 0.631. The van der Waals surface area contributed by atoms with E-state index in [1.807, 2.05) is 0 Å². The molecule has 2 heteroatoms. The Balaban J connectivity index is 2.31. The van der Waals surface area contributed by atoms with Crippen molar-refractivity contribution >= 4 is 6.21 Å². The van der Waals surface area contributed by atoms with Gasteiger partial charge in [-0.2, -0.15) is 0 Å². The molecule has 2 rings (SSSR count). The summed E-state index contributed by atoms with van der Waals surface area (Å²) in [7, 11) is 0. The van der Waals surface area contributed by atoms with E-state index in [4.69, 9.17) is 11.1 Å². The molecule has 3 N–H and O–H groups in total. The van der Waals surface area contributed by atoms with E-state index in [0.717, 1.165) is 23.6 Å². The minimum Gasteiger partial charge on any atom is -0.402 e. The Hall–Kier alpha value is -0.790. The van der Waals surface area contributed by atoms with Crippen LogP contribution < -0.4 is 5.73 Å². The summed E-state index contributed by atoms with van der Waals surface area (Å²) in [4.78, 5) is 0. The van der Waals surface area contributed by atoms with Crippen molar-refractivity contribution in [1.82, 2.24) is 0 Å². The van der Waals surface area contributed by atoms with E-state index in [1.165, 1.54) is 25.5 Å². The maximum atomic E-state index is 7.22. The largest absolute Gasteiger partial charge is 0.402 e. The second kappa shape index (κ2) is 2.36. The van der Waals surface area contributed by atoms with Crippen LogP contribution in [-0.2, 0) is 0 Å². The molecule has 0 aromatic carbocycles. The van der Waals surface area contributed by atoms with Crippen molar-refractivity contribution in [2.75, 3.05) is 0 Å². The maximum absolute atomic E-state index is 7.22. The Morgan fingerprint density at radius 1 is 1.45 bits per heavy atom. The van der Waals surface area contributed by atoms with Gasteiger partial charge in [0.05, 0.1) is 0 Å². The van der Waals surface area contributed by atoms with Crippen LogP contribution in [0.3, 0.4) is 0 Å². The smallest absolute Gasteiger partial charge is 0.0229 e. The number of rotatable bonds is 1. The normalized spacial score (nSPS) is 36.0. The van der Waals surface area contributed by atoms with Gasteiger partial charge in [0.2, 0.25) is 0 Å². The molecule has 1 fully saturated rings. The molecule has 0 spiro atoms. The molecule has 0 saturated heterocycles. The van der Waals surface area contributed by atoms with E-state index in [2.05, 4.69) is 0 Å². The SMILES string of the molecule is N=CC1=C(N)CC2CCC1C2. The Kier molecular flexibility index (Phi) is 1.48. The van der Waals surface area contributed by atoms with Crippen molar-refractivity contribution < 1.29 is 0 Å². The number of hydrogen-bond donors (Lipinski definition) is 2. The quantitative estimate of drug-likeness (QED) is 0.549. The van der Waals surface area contributed by atoms with Crippen molar-refractivity contribution in [2.24, 2.45) is 17.6 Å². The molecule has 60 valence electrons. The highest BCUT2D eigenvalue weighted by Gasteiger charge is 2.32. The monoisotopic (exact) mass is 150 g/mol. The average Bonchev–Trinajstić information content (AvgIpc) is 2.34. The third kappa shape index (κ3) is 0.971. The van der Waals surface area contributed by atoms with Gasteiger partial charge in [0.25, 0.3) is 0 Å². The molecule has 2 unspecified atom stereocenters. The van der Waals surface area contributed by atoms with E-state index in [1.54, 1.807) is 0 Å². The van der Waals surface area contributed by atoms with E-state index in [-0.39, 0.29) is 0 Å². The lowest BCUT2D eigenvalue weighted by molar-refractivity contribution is 0.493. The Morgan fingerprint density at radius 2 is 2.27 bits per heavy atom. The number of hydrogen-bond acceptors (Lipinski definition) is 2. The van der Waals surface area contributed by atoms with Crippen LogP contribution in [0.4, 0.5) is 0 Å². The Bertz CT molecular complexity index is 218. The summed E-state index contributed by atoms with van der Waals surface area (Å²) in [6.07, 6.45) is 6.37. The molecule has 0 amide bonds. The maximum Gasteiger partial charge on any atom is 0.0229 e. The first-order chi connectivity index (χ1) is 5.31. The highest BCUT2D eigenvalue weighted by Crippen LogP contribution is 2.42. The van der Waals surface area contributed by atoms with Crippen LogP contribution in [0.5, 0.6) is 0 Å². The number of fused-ring (bicyclic) bond motifs is 2. The summed E-state index contributed by atoms with van der Waals surface area (Å²) >= 11 is 0. The first-order valence-electron chi connectivity index (χ1n) is 4.30. The van der Waals surface area contributed by atoms with Gasteiger partial charge in [-0.3, -0.25) is 0 Å². The predicted molar refractivity (Wildman–Crippen MR) is 45.4 cm³/mol. The molecule has 2 atom stereocenters. The van der Waals surface area contributed by atoms with Crippen LogP contribution in [0, 0.1) is 17.2 Å². The fourth-order valence-electron chi connectivity index (χ4n) is 2.44. The van der Waals surface area contributed by atoms with Gasteiger partial charge >= 0.3 is 0 Å². The topological polar surface area (TPSA) is 49.9 Å².